The molecule has 2 aromatic carbocycles. The topological polar surface area (TPSA) is 227 Å². The predicted octanol–water partition coefficient (Wildman–Crippen LogP) is -0.945. The molecular weight excluding hydrogens is 508 g/mol. The number of rotatable bonds is 6. The highest BCUT2D eigenvalue weighted by atomic mass is 16.2. The molecule has 14 nitrogen and oxygen atoms in total. The Bertz CT molecular complexity index is 1240. The normalized spacial score (nSPS) is 12.3. The molecule has 0 heterocycles. The summed E-state index contributed by atoms with van der Waals surface area (Å²) in [7, 11) is 0. The lowest BCUT2D eigenvalue weighted by Gasteiger charge is -2.32. The molecule has 0 atom stereocenters. The summed E-state index contributed by atoms with van der Waals surface area (Å²) in [5.74, 6) is 4.08. The molecule has 10 N–H and O–H groups in total. The van der Waals surface area contributed by atoms with Crippen molar-refractivity contribution in [3.8, 4) is 11.1 Å². The molecule has 0 unspecified atom stereocenters. The fourth-order valence-electron chi connectivity index (χ4n) is 4.91. The number of benzene rings is 2. The maximum Gasteiger partial charge on any atom is 0.329 e. The molecule has 0 bridgehead atoms. The van der Waals surface area contributed by atoms with Crippen LogP contribution in [0.1, 0.15) is 71.4 Å². The van der Waals surface area contributed by atoms with Gasteiger partial charge in [0.25, 0.3) is 11.8 Å². The third kappa shape index (κ3) is 5.71. The largest absolute Gasteiger partial charge is 0.329 e. The number of amides is 6. The van der Waals surface area contributed by atoms with Crippen LogP contribution in [-0.2, 0) is 24.6 Å². The van der Waals surface area contributed by atoms with Crippen LogP contribution in [0, 0.1) is 0 Å². The van der Waals surface area contributed by atoms with Crippen molar-refractivity contribution >= 4 is 35.4 Å². The number of nitrogens with two attached hydrogens (primary N) is 2. The number of hydrogen-bond donors (Lipinski definition) is 8. The van der Waals surface area contributed by atoms with E-state index < -0.39 is 40.9 Å². The molecule has 2 aromatic rings. The molecule has 0 aromatic heterocycles. The Morgan fingerprint density at radius 1 is 0.615 bits per heavy atom. The Hall–Kier alpha value is -4.82. The first-order chi connectivity index (χ1) is 18.6. The number of nitrogens with one attached hydrogen (secondary N) is 6. The molecule has 1 aliphatic carbocycles. The minimum atomic E-state index is -1.13. The summed E-state index contributed by atoms with van der Waals surface area (Å²) in [6, 6.07) is 10.3. The van der Waals surface area contributed by atoms with Gasteiger partial charge in [0.2, 0.25) is 0 Å². The molecule has 14 heteroatoms. The molecule has 6 amide bonds. The van der Waals surface area contributed by atoms with Crippen LogP contribution in [0.25, 0.3) is 11.1 Å². The van der Waals surface area contributed by atoms with Gasteiger partial charge in [0.1, 0.15) is 0 Å². The van der Waals surface area contributed by atoms with Crippen molar-refractivity contribution in [3.63, 3.8) is 0 Å². The summed E-state index contributed by atoms with van der Waals surface area (Å²) >= 11 is 0. The van der Waals surface area contributed by atoms with Gasteiger partial charge in [0.15, 0.2) is 0 Å². The SMILES string of the molecule is CCCC1(CCC)c2cc(C(=O)NNC(=O)C(=O)NN)ccc2-c2ccc(C(=O)NNC(=O)C(=O)NN)cc21. The zero-order valence-electron chi connectivity index (χ0n) is 21.4. The molecule has 0 aliphatic heterocycles. The van der Waals surface area contributed by atoms with E-state index in [-0.39, 0.29) is 11.1 Å². The van der Waals surface area contributed by atoms with Crippen molar-refractivity contribution < 1.29 is 28.8 Å². The number of carbonyl (C=O) groups excluding carboxylic acids is 6. The van der Waals surface area contributed by atoms with E-state index in [0.717, 1.165) is 47.9 Å². The lowest BCUT2D eigenvalue weighted by atomic mass is 9.71. The highest BCUT2D eigenvalue weighted by Gasteiger charge is 2.42. The van der Waals surface area contributed by atoms with E-state index in [1.54, 1.807) is 47.2 Å². The Labute approximate surface area is 223 Å². The molecular formula is C25H30N8O6. The average molecular weight is 539 g/mol. The third-order valence-electron chi connectivity index (χ3n) is 6.49. The van der Waals surface area contributed by atoms with Crippen LogP contribution in [-0.4, -0.2) is 35.4 Å². The molecule has 39 heavy (non-hydrogen) atoms. The van der Waals surface area contributed by atoms with Crippen molar-refractivity contribution in [2.75, 3.05) is 0 Å². The number of carbonyl (C=O) groups is 6. The van der Waals surface area contributed by atoms with Gasteiger partial charge in [0, 0.05) is 16.5 Å². The van der Waals surface area contributed by atoms with Gasteiger partial charge in [-0.3, -0.25) is 61.3 Å². The number of hydrazine groups is 4. The summed E-state index contributed by atoms with van der Waals surface area (Å²) in [4.78, 5) is 71.4. The van der Waals surface area contributed by atoms with Crippen LogP contribution in [0.4, 0.5) is 0 Å². The van der Waals surface area contributed by atoms with E-state index >= 15 is 0 Å². The van der Waals surface area contributed by atoms with E-state index in [4.69, 9.17) is 11.7 Å². The Kier molecular flexibility index (Phi) is 8.96. The summed E-state index contributed by atoms with van der Waals surface area (Å²) in [5.41, 5.74) is 15.3. The number of fused-ring (bicyclic) bond motifs is 3. The van der Waals surface area contributed by atoms with E-state index in [1.165, 1.54) is 0 Å². The van der Waals surface area contributed by atoms with Gasteiger partial charge in [-0.15, -0.1) is 0 Å². The Morgan fingerprint density at radius 3 is 1.33 bits per heavy atom. The van der Waals surface area contributed by atoms with Gasteiger partial charge < -0.3 is 0 Å². The highest BCUT2D eigenvalue weighted by molar-refractivity contribution is 6.35. The van der Waals surface area contributed by atoms with Gasteiger partial charge in [-0.05, 0) is 59.4 Å². The lowest BCUT2D eigenvalue weighted by molar-refractivity contribution is -0.139. The molecule has 0 saturated carbocycles. The minimum Gasteiger partial charge on any atom is -0.286 e. The smallest absolute Gasteiger partial charge is 0.286 e. The van der Waals surface area contributed by atoms with Crippen molar-refractivity contribution in [3.05, 3.63) is 58.7 Å². The maximum absolute atomic E-state index is 12.8. The molecule has 0 saturated heterocycles. The van der Waals surface area contributed by atoms with Gasteiger partial charge in [-0.1, -0.05) is 38.8 Å². The fourth-order valence-corrected chi connectivity index (χ4v) is 4.91. The minimum absolute atomic E-state index is 0.255. The highest BCUT2D eigenvalue weighted by Crippen LogP contribution is 2.54. The second-order valence-corrected chi connectivity index (χ2v) is 8.87. The van der Waals surface area contributed by atoms with Gasteiger partial charge in [0.05, 0.1) is 0 Å². The second kappa shape index (κ2) is 12.1. The lowest BCUT2D eigenvalue weighted by Crippen LogP contribution is -2.50. The van der Waals surface area contributed by atoms with Gasteiger partial charge in [-0.2, -0.15) is 0 Å². The van der Waals surface area contributed by atoms with Crippen LogP contribution in [0.5, 0.6) is 0 Å². The van der Waals surface area contributed by atoms with E-state index in [0.29, 0.717) is 0 Å². The first kappa shape index (κ1) is 28.7. The molecule has 1 aliphatic rings. The summed E-state index contributed by atoms with van der Waals surface area (Å²) < 4.78 is 0. The second-order valence-electron chi connectivity index (χ2n) is 8.87. The standard InChI is InChI=1S/C25H30N8O6/c1-3-9-25(10-4-2)17-11-13(19(34)30-32-23(38)21(36)28-26)5-7-15(17)16-8-6-14(12-18(16)25)20(35)31-33-24(39)22(37)29-27/h5-8,11-12H,3-4,9-10,26-27H2,1-2H3,(H,28,36)(H,29,37)(H,30,34)(H,31,35)(H,32,38)(H,33,39). The van der Waals surface area contributed by atoms with Crippen LogP contribution in [0.2, 0.25) is 0 Å². The zero-order chi connectivity index (χ0) is 28.7. The molecule has 0 spiro atoms. The van der Waals surface area contributed by atoms with Crippen LogP contribution in [0.15, 0.2) is 36.4 Å². The van der Waals surface area contributed by atoms with Crippen molar-refractivity contribution in [2.24, 2.45) is 11.7 Å². The molecule has 0 fully saturated rings. The Balaban J connectivity index is 1.97. The monoisotopic (exact) mass is 538 g/mol. The first-order valence-electron chi connectivity index (χ1n) is 12.1. The quantitative estimate of drug-likeness (QED) is 0.0988. The third-order valence-corrected chi connectivity index (χ3v) is 6.49. The average Bonchev–Trinajstić information content (AvgIpc) is 3.21. The summed E-state index contributed by atoms with van der Waals surface area (Å²) in [6.07, 6.45) is 3.05. The van der Waals surface area contributed by atoms with E-state index in [1.807, 2.05) is 24.7 Å². The van der Waals surface area contributed by atoms with Crippen molar-refractivity contribution in [2.45, 2.75) is 44.9 Å². The van der Waals surface area contributed by atoms with Crippen LogP contribution < -0.4 is 44.2 Å². The summed E-state index contributed by atoms with van der Waals surface area (Å²) in [5, 5.41) is 0. The number of hydrogen-bond acceptors (Lipinski definition) is 8. The molecule has 206 valence electrons. The van der Waals surface area contributed by atoms with Gasteiger partial charge >= 0.3 is 23.6 Å². The van der Waals surface area contributed by atoms with Gasteiger partial charge in [-0.25, -0.2) is 11.7 Å². The molecule has 3 rings (SSSR count). The first-order valence-corrected chi connectivity index (χ1v) is 12.1. The maximum atomic E-state index is 12.8. The van der Waals surface area contributed by atoms with Crippen LogP contribution in [0.3, 0.4) is 0 Å². The van der Waals surface area contributed by atoms with Crippen molar-refractivity contribution in [1.82, 2.24) is 32.6 Å². The Morgan fingerprint density at radius 2 is 1.00 bits per heavy atom. The van der Waals surface area contributed by atoms with E-state index in [2.05, 4.69) is 10.9 Å². The molecule has 0 radical (unpaired) electrons. The van der Waals surface area contributed by atoms with Crippen LogP contribution >= 0.6 is 0 Å². The fraction of sp³-hybridized carbons (Fsp3) is 0.280. The van der Waals surface area contributed by atoms with E-state index in [9.17, 15) is 28.8 Å². The predicted molar refractivity (Wildman–Crippen MR) is 138 cm³/mol. The van der Waals surface area contributed by atoms with Crippen molar-refractivity contribution in [1.29, 1.82) is 0 Å². The summed E-state index contributed by atoms with van der Waals surface area (Å²) in [6.45, 7) is 4.08. The zero-order valence-corrected chi connectivity index (χ0v) is 21.4.